The lowest BCUT2D eigenvalue weighted by atomic mass is 9.86. The summed E-state index contributed by atoms with van der Waals surface area (Å²) in [5.41, 5.74) is 1.87. The lowest BCUT2D eigenvalue weighted by Crippen LogP contribution is -2.36. The number of anilines is 1. The van der Waals surface area contributed by atoms with E-state index in [1.807, 2.05) is 13.1 Å². The van der Waals surface area contributed by atoms with Crippen LogP contribution in [0.25, 0.3) is 0 Å². The maximum absolute atomic E-state index is 14.1. The number of para-hydroxylation sites is 1. The Labute approximate surface area is 116 Å². The fourth-order valence-electron chi connectivity index (χ4n) is 3.04. The van der Waals surface area contributed by atoms with Gasteiger partial charge in [0.25, 0.3) is 0 Å². The molecular weight excluding hydrogens is 239 g/mol. The second-order valence-corrected chi connectivity index (χ2v) is 5.85. The number of nitrogens with one attached hydrogen (secondary N) is 1. The van der Waals surface area contributed by atoms with Crippen LogP contribution in [0.15, 0.2) is 18.2 Å². The monoisotopic (exact) mass is 264 g/mol. The van der Waals surface area contributed by atoms with Crippen LogP contribution in [0.1, 0.15) is 32.3 Å². The lowest BCUT2D eigenvalue weighted by molar-refractivity contribution is 0.310. The standard InChI is InChI=1S/C16H25FN2/c1-12(2)13-7-9-19(10-8-13)16-14(11-18-3)5-4-6-15(16)17/h4-6,12-13,18H,7-11H2,1-3H3. The molecule has 1 aliphatic heterocycles. The van der Waals surface area contributed by atoms with Crippen LogP contribution in [0.4, 0.5) is 10.1 Å². The Morgan fingerprint density at radius 1 is 1.32 bits per heavy atom. The first kappa shape index (κ1) is 14.3. The van der Waals surface area contributed by atoms with E-state index < -0.39 is 0 Å². The van der Waals surface area contributed by atoms with Crippen molar-refractivity contribution < 1.29 is 4.39 Å². The Morgan fingerprint density at radius 2 is 2.00 bits per heavy atom. The molecule has 1 fully saturated rings. The highest BCUT2D eigenvalue weighted by molar-refractivity contribution is 5.55. The first-order valence-corrected chi connectivity index (χ1v) is 7.30. The second-order valence-electron chi connectivity index (χ2n) is 5.85. The summed E-state index contributed by atoms with van der Waals surface area (Å²) in [6.07, 6.45) is 2.34. The van der Waals surface area contributed by atoms with Gasteiger partial charge in [-0.05, 0) is 43.4 Å². The van der Waals surface area contributed by atoms with Gasteiger partial charge in [-0.15, -0.1) is 0 Å². The van der Waals surface area contributed by atoms with Gasteiger partial charge in [0, 0.05) is 19.6 Å². The largest absolute Gasteiger partial charge is 0.369 e. The van der Waals surface area contributed by atoms with Crippen LogP contribution in [-0.4, -0.2) is 20.1 Å². The Hall–Kier alpha value is -1.09. The van der Waals surface area contributed by atoms with E-state index in [-0.39, 0.29) is 5.82 Å². The van der Waals surface area contributed by atoms with Crippen molar-refractivity contribution in [2.75, 3.05) is 25.0 Å². The highest BCUT2D eigenvalue weighted by Crippen LogP contribution is 2.31. The molecule has 1 aliphatic rings. The third-order valence-corrected chi connectivity index (χ3v) is 4.24. The van der Waals surface area contributed by atoms with Crippen LogP contribution in [0, 0.1) is 17.7 Å². The molecule has 3 heteroatoms. The fraction of sp³-hybridized carbons (Fsp3) is 0.625. The number of piperidine rings is 1. The summed E-state index contributed by atoms with van der Waals surface area (Å²) in [7, 11) is 1.90. The van der Waals surface area contributed by atoms with Crippen molar-refractivity contribution in [2.24, 2.45) is 11.8 Å². The van der Waals surface area contributed by atoms with Gasteiger partial charge in [0.05, 0.1) is 5.69 Å². The van der Waals surface area contributed by atoms with Crippen LogP contribution >= 0.6 is 0 Å². The summed E-state index contributed by atoms with van der Waals surface area (Å²) < 4.78 is 14.1. The molecule has 2 nitrogen and oxygen atoms in total. The molecule has 0 aromatic heterocycles. The van der Waals surface area contributed by atoms with Gasteiger partial charge in [0.15, 0.2) is 0 Å². The molecule has 1 N–H and O–H groups in total. The normalized spacial score (nSPS) is 17.2. The smallest absolute Gasteiger partial charge is 0.146 e. The van der Waals surface area contributed by atoms with Crippen molar-refractivity contribution in [1.29, 1.82) is 0 Å². The molecule has 1 heterocycles. The topological polar surface area (TPSA) is 15.3 Å². The summed E-state index contributed by atoms with van der Waals surface area (Å²) in [5.74, 6) is 1.44. The molecule has 1 aromatic carbocycles. The van der Waals surface area contributed by atoms with Crippen molar-refractivity contribution in [1.82, 2.24) is 5.32 Å². The van der Waals surface area contributed by atoms with Crippen LogP contribution in [0.5, 0.6) is 0 Å². The van der Waals surface area contributed by atoms with E-state index in [0.29, 0.717) is 0 Å². The summed E-state index contributed by atoms with van der Waals surface area (Å²) in [6, 6.07) is 5.39. The van der Waals surface area contributed by atoms with Gasteiger partial charge in [-0.1, -0.05) is 26.0 Å². The molecule has 106 valence electrons. The summed E-state index contributed by atoms with van der Waals surface area (Å²) in [6.45, 7) is 7.24. The Kier molecular flexibility index (Phi) is 4.81. The minimum absolute atomic E-state index is 0.0873. The molecule has 0 unspecified atom stereocenters. The Bertz CT molecular complexity index is 409. The van der Waals surface area contributed by atoms with Crippen molar-refractivity contribution in [3.8, 4) is 0 Å². The molecule has 0 atom stereocenters. The van der Waals surface area contributed by atoms with Crippen molar-refractivity contribution in [3.63, 3.8) is 0 Å². The molecule has 1 aromatic rings. The van der Waals surface area contributed by atoms with Crippen LogP contribution in [-0.2, 0) is 6.54 Å². The fourth-order valence-corrected chi connectivity index (χ4v) is 3.04. The molecule has 1 saturated heterocycles. The first-order valence-electron chi connectivity index (χ1n) is 7.30. The minimum Gasteiger partial charge on any atom is -0.369 e. The second kappa shape index (κ2) is 6.38. The van der Waals surface area contributed by atoms with E-state index in [0.717, 1.165) is 42.7 Å². The molecule has 0 spiro atoms. The van der Waals surface area contributed by atoms with Gasteiger partial charge in [0.1, 0.15) is 5.82 Å². The SMILES string of the molecule is CNCc1cccc(F)c1N1CCC(C(C)C)CC1. The highest BCUT2D eigenvalue weighted by Gasteiger charge is 2.24. The number of hydrogen-bond donors (Lipinski definition) is 1. The van der Waals surface area contributed by atoms with E-state index in [2.05, 4.69) is 24.1 Å². The number of nitrogens with zero attached hydrogens (tertiary/aromatic N) is 1. The van der Waals surface area contributed by atoms with Gasteiger partial charge in [-0.3, -0.25) is 0 Å². The lowest BCUT2D eigenvalue weighted by Gasteiger charge is -2.36. The third kappa shape index (κ3) is 3.27. The zero-order valence-corrected chi connectivity index (χ0v) is 12.2. The molecule has 19 heavy (non-hydrogen) atoms. The average molecular weight is 264 g/mol. The van der Waals surface area contributed by atoms with Crippen molar-refractivity contribution in [2.45, 2.75) is 33.2 Å². The van der Waals surface area contributed by atoms with Gasteiger partial charge < -0.3 is 10.2 Å². The van der Waals surface area contributed by atoms with E-state index >= 15 is 0 Å². The third-order valence-electron chi connectivity index (χ3n) is 4.24. The molecule has 2 rings (SSSR count). The first-order chi connectivity index (χ1) is 9.13. The average Bonchev–Trinajstić information content (AvgIpc) is 2.39. The van der Waals surface area contributed by atoms with Crippen molar-refractivity contribution >= 4 is 5.69 Å². The summed E-state index contributed by atoms with van der Waals surface area (Å²) >= 11 is 0. The number of halogens is 1. The molecule has 0 saturated carbocycles. The van der Waals surface area contributed by atoms with Crippen LogP contribution in [0.3, 0.4) is 0 Å². The van der Waals surface area contributed by atoms with Crippen LogP contribution < -0.4 is 10.2 Å². The predicted octanol–water partition coefficient (Wildman–Crippen LogP) is 3.42. The summed E-state index contributed by atoms with van der Waals surface area (Å²) in [5, 5.41) is 3.12. The molecule has 0 amide bonds. The number of benzene rings is 1. The van der Waals surface area contributed by atoms with Crippen LogP contribution in [0.2, 0.25) is 0 Å². The summed E-state index contributed by atoms with van der Waals surface area (Å²) in [4.78, 5) is 2.22. The Balaban J connectivity index is 2.14. The van der Waals surface area contributed by atoms with Gasteiger partial charge >= 0.3 is 0 Å². The van der Waals surface area contributed by atoms with E-state index in [4.69, 9.17) is 0 Å². The molecule has 0 radical (unpaired) electrons. The molecular formula is C16H25FN2. The number of rotatable bonds is 4. The zero-order valence-electron chi connectivity index (χ0n) is 12.2. The van der Waals surface area contributed by atoms with E-state index in [1.165, 1.54) is 12.8 Å². The quantitative estimate of drug-likeness (QED) is 0.896. The number of hydrogen-bond acceptors (Lipinski definition) is 2. The van der Waals surface area contributed by atoms with E-state index in [1.54, 1.807) is 12.1 Å². The minimum atomic E-state index is -0.0873. The predicted molar refractivity (Wildman–Crippen MR) is 78.9 cm³/mol. The molecule has 0 aliphatic carbocycles. The van der Waals surface area contributed by atoms with Crippen molar-refractivity contribution in [3.05, 3.63) is 29.6 Å². The van der Waals surface area contributed by atoms with Gasteiger partial charge in [-0.2, -0.15) is 0 Å². The maximum atomic E-state index is 14.1. The zero-order chi connectivity index (χ0) is 13.8. The maximum Gasteiger partial charge on any atom is 0.146 e. The highest BCUT2D eigenvalue weighted by atomic mass is 19.1. The van der Waals surface area contributed by atoms with E-state index in [9.17, 15) is 4.39 Å². The Morgan fingerprint density at radius 3 is 2.58 bits per heavy atom. The van der Waals surface area contributed by atoms with Gasteiger partial charge in [0.2, 0.25) is 0 Å². The molecule has 0 bridgehead atoms. The van der Waals surface area contributed by atoms with Gasteiger partial charge in [-0.25, -0.2) is 4.39 Å².